The number of benzene rings is 2. The number of amides is 3. The molecule has 0 bridgehead atoms. The van der Waals surface area contributed by atoms with Crippen LogP contribution in [0.4, 0.5) is 11.4 Å². The van der Waals surface area contributed by atoms with Gasteiger partial charge in [0.1, 0.15) is 5.54 Å². The third-order valence-electron chi connectivity index (χ3n) is 8.08. The van der Waals surface area contributed by atoms with Gasteiger partial charge in [0.2, 0.25) is 18.6 Å². The van der Waals surface area contributed by atoms with E-state index in [1.807, 2.05) is 31.2 Å². The number of rotatable bonds is 2. The molecule has 4 atom stereocenters. The first-order valence-corrected chi connectivity index (χ1v) is 11.5. The number of carbonyl (C=O) groups excluding carboxylic acids is 3. The van der Waals surface area contributed by atoms with Gasteiger partial charge < -0.3 is 14.4 Å². The van der Waals surface area contributed by atoms with Crippen LogP contribution in [0.3, 0.4) is 0 Å². The minimum atomic E-state index is -1.13. The second-order valence-corrected chi connectivity index (χ2v) is 9.29. The number of ether oxygens (including phenoxy) is 2. The van der Waals surface area contributed by atoms with Crippen LogP contribution in [0.25, 0.3) is 0 Å². The van der Waals surface area contributed by atoms with Gasteiger partial charge in [0.05, 0.1) is 17.5 Å². The molecular weight excluding hydrogens is 422 g/mol. The minimum absolute atomic E-state index is 0.0840. The van der Waals surface area contributed by atoms with Crippen molar-refractivity contribution in [3.05, 3.63) is 48.0 Å². The van der Waals surface area contributed by atoms with E-state index in [-0.39, 0.29) is 30.6 Å². The van der Waals surface area contributed by atoms with Gasteiger partial charge in [-0.3, -0.25) is 19.3 Å². The van der Waals surface area contributed by atoms with Gasteiger partial charge in [0.15, 0.2) is 11.5 Å². The highest BCUT2D eigenvalue weighted by Crippen LogP contribution is 2.62. The SMILES string of the molecule is CCN1C(=O)C2(c3ccccc31)C1C(=O)N(c3ccc4c(c3)OCO4)C(=O)C1C1CCCN12. The smallest absolute Gasteiger partial charge is 0.253 e. The quantitative estimate of drug-likeness (QED) is 0.660. The molecule has 5 aliphatic heterocycles. The number of likely N-dealkylation sites (N-methyl/N-ethyl adjacent to an activating group) is 1. The fourth-order valence-corrected chi connectivity index (χ4v) is 6.93. The van der Waals surface area contributed by atoms with Crippen molar-refractivity contribution in [1.82, 2.24) is 4.90 Å². The maximum atomic E-state index is 14.1. The maximum absolute atomic E-state index is 14.1. The molecule has 8 heteroatoms. The molecule has 1 spiro atoms. The third kappa shape index (κ3) is 2.08. The summed E-state index contributed by atoms with van der Waals surface area (Å²) in [7, 11) is 0. The van der Waals surface area contributed by atoms with Crippen molar-refractivity contribution in [2.75, 3.05) is 29.7 Å². The zero-order chi connectivity index (χ0) is 22.5. The van der Waals surface area contributed by atoms with Crippen molar-refractivity contribution in [2.45, 2.75) is 31.3 Å². The molecule has 0 radical (unpaired) electrons. The van der Waals surface area contributed by atoms with E-state index in [1.54, 1.807) is 23.1 Å². The first-order valence-electron chi connectivity index (χ1n) is 11.5. The first-order chi connectivity index (χ1) is 16.1. The molecule has 168 valence electrons. The fourth-order valence-electron chi connectivity index (χ4n) is 6.93. The molecule has 3 saturated heterocycles. The number of hydrogen-bond acceptors (Lipinski definition) is 6. The first kappa shape index (κ1) is 19.1. The molecule has 8 nitrogen and oxygen atoms in total. The summed E-state index contributed by atoms with van der Waals surface area (Å²) >= 11 is 0. The average molecular weight is 445 g/mol. The van der Waals surface area contributed by atoms with Crippen molar-refractivity contribution in [3.63, 3.8) is 0 Å². The van der Waals surface area contributed by atoms with Crippen molar-refractivity contribution in [1.29, 1.82) is 0 Å². The highest BCUT2D eigenvalue weighted by atomic mass is 16.7. The number of imide groups is 1. The lowest BCUT2D eigenvalue weighted by molar-refractivity contribution is -0.137. The van der Waals surface area contributed by atoms with Crippen molar-refractivity contribution < 1.29 is 23.9 Å². The molecule has 4 unspecified atom stereocenters. The Morgan fingerprint density at radius 2 is 1.85 bits per heavy atom. The lowest BCUT2D eigenvalue weighted by atomic mass is 9.75. The number of para-hydroxylation sites is 1. The van der Waals surface area contributed by atoms with Crippen LogP contribution in [-0.4, -0.2) is 48.5 Å². The van der Waals surface area contributed by atoms with E-state index in [0.717, 1.165) is 24.1 Å². The van der Waals surface area contributed by atoms with Gasteiger partial charge in [-0.2, -0.15) is 0 Å². The number of hydrogen-bond donors (Lipinski definition) is 0. The predicted molar refractivity (Wildman–Crippen MR) is 118 cm³/mol. The Balaban J connectivity index is 1.41. The zero-order valence-electron chi connectivity index (χ0n) is 18.2. The number of carbonyl (C=O) groups is 3. The second kappa shape index (κ2) is 6.35. The Kier molecular flexibility index (Phi) is 3.68. The van der Waals surface area contributed by atoms with Crippen LogP contribution in [0.15, 0.2) is 42.5 Å². The van der Waals surface area contributed by atoms with Gasteiger partial charge >= 0.3 is 0 Å². The molecule has 7 rings (SSSR count). The number of fused-ring (bicyclic) bond motifs is 8. The summed E-state index contributed by atoms with van der Waals surface area (Å²) in [5, 5.41) is 0. The lowest BCUT2D eigenvalue weighted by Gasteiger charge is -2.37. The molecule has 33 heavy (non-hydrogen) atoms. The fraction of sp³-hybridized carbons (Fsp3) is 0.400. The van der Waals surface area contributed by atoms with Gasteiger partial charge in [-0.1, -0.05) is 18.2 Å². The minimum Gasteiger partial charge on any atom is -0.454 e. The lowest BCUT2D eigenvalue weighted by Crippen LogP contribution is -2.56. The van der Waals surface area contributed by atoms with Crippen LogP contribution in [0.2, 0.25) is 0 Å². The van der Waals surface area contributed by atoms with Crippen molar-refractivity contribution >= 4 is 29.1 Å². The van der Waals surface area contributed by atoms with Crippen LogP contribution >= 0.6 is 0 Å². The van der Waals surface area contributed by atoms with Gasteiger partial charge in [-0.15, -0.1) is 0 Å². The van der Waals surface area contributed by atoms with Crippen molar-refractivity contribution in [2.24, 2.45) is 11.8 Å². The topological polar surface area (TPSA) is 79.4 Å². The predicted octanol–water partition coefficient (Wildman–Crippen LogP) is 2.26. The molecule has 2 aromatic rings. The van der Waals surface area contributed by atoms with Crippen LogP contribution in [0, 0.1) is 11.8 Å². The summed E-state index contributed by atoms with van der Waals surface area (Å²) in [4.78, 5) is 47.2. The van der Waals surface area contributed by atoms with E-state index < -0.39 is 17.4 Å². The van der Waals surface area contributed by atoms with Gasteiger partial charge in [-0.05, 0) is 44.5 Å². The summed E-state index contributed by atoms with van der Waals surface area (Å²) in [6.07, 6.45) is 1.71. The summed E-state index contributed by atoms with van der Waals surface area (Å²) in [6, 6.07) is 12.7. The standard InChI is InChI=1S/C25H23N3O5/c1-2-26-16-7-4-3-6-15(16)25(24(26)31)21-20(17-8-5-11-27(17)25)22(29)28(23(21)30)14-9-10-18-19(12-14)33-13-32-18/h3-4,6-7,9-10,12,17,20-21H,2,5,8,11,13H2,1H3. The molecule has 0 N–H and O–H groups in total. The van der Waals surface area contributed by atoms with E-state index >= 15 is 0 Å². The Morgan fingerprint density at radius 3 is 2.70 bits per heavy atom. The molecular formula is C25H23N3O5. The normalized spacial score (nSPS) is 31.7. The Bertz CT molecular complexity index is 1240. The Hall–Kier alpha value is -3.39. The highest BCUT2D eigenvalue weighted by molar-refractivity contribution is 6.26. The van der Waals surface area contributed by atoms with Crippen molar-refractivity contribution in [3.8, 4) is 11.5 Å². The summed E-state index contributed by atoms with van der Waals surface area (Å²) in [5.41, 5.74) is 1.04. The third-order valence-corrected chi connectivity index (χ3v) is 8.08. The molecule has 3 amide bonds. The maximum Gasteiger partial charge on any atom is 0.253 e. The van der Waals surface area contributed by atoms with Crippen LogP contribution in [-0.2, 0) is 19.9 Å². The summed E-state index contributed by atoms with van der Waals surface area (Å²) in [5.74, 6) is -0.793. The van der Waals surface area contributed by atoms with E-state index in [2.05, 4.69) is 4.90 Å². The molecule has 0 aliphatic carbocycles. The highest BCUT2D eigenvalue weighted by Gasteiger charge is 2.75. The van der Waals surface area contributed by atoms with E-state index in [9.17, 15) is 14.4 Å². The molecule has 3 fully saturated rings. The summed E-state index contributed by atoms with van der Waals surface area (Å²) < 4.78 is 10.9. The largest absolute Gasteiger partial charge is 0.454 e. The Morgan fingerprint density at radius 1 is 1.03 bits per heavy atom. The van der Waals surface area contributed by atoms with E-state index in [0.29, 0.717) is 30.3 Å². The zero-order valence-corrected chi connectivity index (χ0v) is 18.2. The second-order valence-electron chi connectivity index (χ2n) is 9.29. The van der Waals surface area contributed by atoms with Crippen LogP contribution in [0.1, 0.15) is 25.3 Å². The number of nitrogens with zero attached hydrogens (tertiary/aromatic N) is 3. The van der Waals surface area contributed by atoms with Crippen LogP contribution in [0.5, 0.6) is 11.5 Å². The van der Waals surface area contributed by atoms with E-state index in [4.69, 9.17) is 9.47 Å². The molecule has 0 aromatic heterocycles. The molecule has 5 heterocycles. The van der Waals surface area contributed by atoms with Gasteiger partial charge in [-0.25, -0.2) is 4.90 Å². The van der Waals surface area contributed by atoms with Crippen LogP contribution < -0.4 is 19.3 Å². The number of anilines is 2. The monoisotopic (exact) mass is 445 g/mol. The molecule has 5 aliphatic rings. The Labute approximate surface area is 190 Å². The molecule has 0 saturated carbocycles. The van der Waals surface area contributed by atoms with Gasteiger partial charge in [0.25, 0.3) is 5.91 Å². The van der Waals surface area contributed by atoms with Gasteiger partial charge in [0, 0.05) is 29.9 Å². The molecule has 2 aromatic carbocycles. The average Bonchev–Trinajstić information content (AvgIpc) is 3.60. The van der Waals surface area contributed by atoms with E-state index in [1.165, 1.54) is 4.90 Å². The summed E-state index contributed by atoms with van der Waals surface area (Å²) in [6.45, 7) is 3.29.